The van der Waals surface area contributed by atoms with Crippen LogP contribution in [0.3, 0.4) is 0 Å². The van der Waals surface area contributed by atoms with E-state index in [1.165, 1.54) is 19.1 Å². The van der Waals surface area contributed by atoms with Crippen LogP contribution < -0.4 is 5.32 Å². The van der Waals surface area contributed by atoms with Gasteiger partial charge >= 0.3 is 5.97 Å². The summed E-state index contributed by atoms with van der Waals surface area (Å²) in [5.74, 6) is -3.79. The van der Waals surface area contributed by atoms with Crippen molar-refractivity contribution in [3.63, 3.8) is 0 Å². The van der Waals surface area contributed by atoms with E-state index in [4.69, 9.17) is 16.3 Å². The molecule has 7 nitrogen and oxygen atoms in total. The van der Waals surface area contributed by atoms with Crippen LogP contribution in [-0.4, -0.2) is 41.2 Å². The third-order valence-corrected chi connectivity index (χ3v) is 5.39. The van der Waals surface area contributed by atoms with Gasteiger partial charge in [0.2, 0.25) is 11.8 Å². The van der Waals surface area contributed by atoms with E-state index in [-0.39, 0.29) is 34.4 Å². The predicted octanol–water partition coefficient (Wildman–Crippen LogP) is 2.52. The van der Waals surface area contributed by atoms with Gasteiger partial charge < -0.3 is 10.1 Å². The van der Waals surface area contributed by atoms with E-state index in [1.54, 1.807) is 0 Å². The van der Waals surface area contributed by atoms with Crippen LogP contribution in [0.2, 0.25) is 5.02 Å². The first-order valence-electron chi connectivity index (χ1n) is 9.08. The smallest absolute Gasteiger partial charge is 0.329 e. The monoisotopic (exact) mass is 410 g/mol. The number of likely N-dealkylation sites (tertiary alicyclic amines) is 1. The molecule has 3 atom stereocenters. The summed E-state index contributed by atoms with van der Waals surface area (Å²) in [5.41, 5.74) is -0.104. The van der Waals surface area contributed by atoms with Gasteiger partial charge in [0.15, 0.2) is 6.61 Å². The number of nitrogens with zero attached hydrogens (tertiary/aromatic N) is 1. The average molecular weight is 411 g/mol. The van der Waals surface area contributed by atoms with Crippen molar-refractivity contribution in [3.8, 4) is 0 Å². The quantitative estimate of drug-likeness (QED) is 0.594. The Hall–Kier alpha value is -2.48. The maximum absolute atomic E-state index is 13.7. The van der Waals surface area contributed by atoms with Crippen LogP contribution in [0, 0.1) is 17.7 Å². The van der Waals surface area contributed by atoms with E-state index >= 15 is 0 Å². The van der Waals surface area contributed by atoms with Crippen LogP contribution in [0.15, 0.2) is 18.2 Å². The highest BCUT2D eigenvalue weighted by Crippen LogP contribution is 2.38. The Balaban J connectivity index is 1.56. The number of imide groups is 1. The van der Waals surface area contributed by atoms with Gasteiger partial charge in [-0.15, -0.1) is 0 Å². The molecule has 3 rings (SSSR count). The molecule has 2 fully saturated rings. The molecule has 1 aliphatic heterocycles. The van der Waals surface area contributed by atoms with E-state index in [2.05, 4.69) is 5.32 Å². The second kappa shape index (κ2) is 8.26. The Morgan fingerprint density at radius 3 is 2.43 bits per heavy atom. The SMILES string of the molecule is C[C@@H](C(=O)OCC(=O)Nc1ccc(Cl)cc1F)N1C(=O)[C@@H]2CCCC[C@H]2C1=O. The molecule has 0 unspecified atom stereocenters. The number of rotatable bonds is 5. The van der Waals surface area contributed by atoms with Gasteiger partial charge in [-0.1, -0.05) is 24.4 Å². The number of carbonyl (C=O) groups excluding carboxylic acids is 4. The molecule has 0 bridgehead atoms. The zero-order valence-electron chi connectivity index (χ0n) is 15.2. The first-order chi connectivity index (χ1) is 13.3. The van der Waals surface area contributed by atoms with Gasteiger partial charge in [-0.3, -0.25) is 19.3 Å². The van der Waals surface area contributed by atoms with Crippen LogP contribution in [0.25, 0.3) is 0 Å². The molecule has 9 heteroatoms. The molecule has 1 saturated carbocycles. The van der Waals surface area contributed by atoms with E-state index in [0.29, 0.717) is 12.8 Å². The Morgan fingerprint density at radius 2 is 1.86 bits per heavy atom. The highest BCUT2D eigenvalue weighted by molar-refractivity contribution is 6.30. The second-order valence-corrected chi connectivity index (χ2v) is 7.44. The molecule has 1 N–H and O–H groups in total. The number of fused-ring (bicyclic) bond motifs is 1. The summed E-state index contributed by atoms with van der Waals surface area (Å²) in [6.45, 7) is 0.723. The lowest BCUT2D eigenvalue weighted by molar-refractivity contribution is -0.159. The van der Waals surface area contributed by atoms with Crippen molar-refractivity contribution in [1.82, 2.24) is 4.90 Å². The summed E-state index contributed by atoms with van der Waals surface area (Å²) >= 11 is 5.64. The molecular weight excluding hydrogens is 391 g/mol. The van der Waals surface area contributed by atoms with Gasteiger partial charge in [0.25, 0.3) is 5.91 Å². The van der Waals surface area contributed by atoms with Crippen LogP contribution >= 0.6 is 11.6 Å². The van der Waals surface area contributed by atoms with E-state index < -0.39 is 30.3 Å². The molecule has 0 aromatic heterocycles. The molecule has 1 saturated heterocycles. The topological polar surface area (TPSA) is 92.8 Å². The lowest BCUT2D eigenvalue weighted by atomic mass is 9.81. The van der Waals surface area contributed by atoms with Crippen LogP contribution in [-0.2, 0) is 23.9 Å². The number of esters is 1. The molecule has 2 aliphatic rings. The normalized spacial score (nSPS) is 22.6. The molecule has 1 heterocycles. The summed E-state index contributed by atoms with van der Waals surface area (Å²) in [6, 6.07) is 2.60. The van der Waals surface area contributed by atoms with Crippen molar-refractivity contribution in [1.29, 1.82) is 0 Å². The van der Waals surface area contributed by atoms with Gasteiger partial charge in [-0.25, -0.2) is 9.18 Å². The highest BCUT2D eigenvalue weighted by atomic mass is 35.5. The minimum Gasteiger partial charge on any atom is -0.454 e. The first-order valence-corrected chi connectivity index (χ1v) is 9.46. The average Bonchev–Trinajstić information content (AvgIpc) is 2.92. The van der Waals surface area contributed by atoms with Gasteiger partial charge in [0.05, 0.1) is 17.5 Å². The number of nitrogens with one attached hydrogen (secondary N) is 1. The Morgan fingerprint density at radius 1 is 1.25 bits per heavy atom. The maximum atomic E-state index is 13.7. The number of carbonyl (C=O) groups is 4. The zero-order chi connectivity index (χ0) is 20.4. The Kier molecular flexibility index (Phi) is 5.98. The standard InChI is InChI=1S/C19H20ClFN2O5/c1-10(23-17(25)12-4-2-3-5-13(12)18(23)26)19(27)28-9-16(24)22-15-7-6-11(20)8-14(15)21/h6-8,10,12-13H,2-5,9H2,1H3,(H,22,24)/t10-,12+,13+/m0/s1. The maximum Gasteiger partial charge on any atom is 0.329 e. The number of benzene rings is 1. The molecule has 3 amide bonds. The highest BCUT2D eigenvalue weighted by Gasteiger charge is 2.51. The number of ether oxygens (including phenoxy) is 1. The summed E-state index contributed by atoms with van der Waals surface area (Å²) < 4.78 is 18.6. The fourth-order valence-corrected chi connectivity index (χ4v) is 3.87. The summed E-state index contributed by atoms with van der Waals surface area (Å²) in [6.07, 6.45) is 3.05. The van der Waals surface area contributed by atoms with Crippen molar-refractivity contribution in [2.75, 3.05) is 11.9 Å². The third kappa shape index (κ3) is 4.01. The van der Waals surface area contributed by atoms with Gasteiger partial charge in [0, 0.05) is 5.02 Å². The number of halogens is 2. The predicted molar refractivity (Wildman–Crippen MR) is 97.8 cm³/mol. The number of hydrogen-bond donors (Lipinski definition) is 1. The first kappa shape index (κ1) is 20.3. The summed E-state index contributed by atoms with van der Waals surface area (Å²) in [7, 11) is 0. The van der Waals surface area contributed by atoms with E-state index in [0.717, 1.165) is 23.8 Å². The number of anilines is 1. The van der Waals surface area contributed by atoms with Gasteiger partial charge in [0.1, 0.15) is 11.9 Å². The molecule has 1 aromatic rings. The van der Waals surface area contributed by atoms with Gasteiger partial charge in [-0.2, -0.15) is 0 Å². The van der Waals surface area contributed by atoms with Crippen LogP contribution in [0.1, 0.15) is 32.6 Å². The molecule has 1 aromatic carbocycles. The van der Waals surface area contributed by atoms with Crippen molar-refractivity contribution >= 4 is 41.0 Å². The molecule has 28 heavy (non-hydrogen) atoms. The summed E-state index contributed by atoms with van der Waals surface area (Å²) in [4.78, 5) is 50.1. The minimum atomic E-state index is -1.12. The Bertz CT molecular complexity index is 807. The molecule has 1 aliphatic carbocycles. The lowest BCUT2D eigenvalue weighted by Gasteiger charge is -2.21. The zero-order valence-corrected chi connectivity index (χ0v) is 16.0. The second-order valence-electron chi connectivity index (χ2n) is 7.00. The fraction of sp³-hybridized carbons (Fsp3) is 0.474. The van der Waals surface area contributed by atoms with Crippen LogP contribution in [0.4, 0.5) is 10.1 Å². The molecule has 0 radical (unpaired) electrons. The van der Waals surface area contributed by atoms with E-state index in [9.17, 15) is 23.6 Å². The lowest BCUT2D eigenvalue weighted by Crippen LogP contribution is -2.45. The molecular formula is C19H20ClFN2O5. The molecule has 0 spiro atoms. The largest absolute Gasteiger partial charge is 0.454 e. The number of amides is 3. The van der Waals surface area contributed by atoms with Gasteiger partial charge in [-0.05, 0) is 38.0 Å². The molecule has 150 valence electrons. The van der Waals surface area contributed by atoms with Crippen LogP contribution in [0.5, 0.6) is 0 Å². The van der Waals surface area contributed by atoms with Crippen molar-refractivity contribution in [3.05, 3.63) is 29.0 Å². The van der Waals surface area contributed by atoms with Crippen molar-refractivity contribution < 1.29 is 28.3 Å². The Labute approximate surface area is 166 Å². The minimum absolute atomic E-state index is 0.104. The van der Waals surface area contributed by atoms with Crippen molar-refractivity contribution in [2.45, 2.75) is 38.6 Å². The van der Waals surface area contributed by atoms with Crippen molar-refractivity contribution in [2.24, 2.45) is 11.8 Å². The van der Waals surface area contributed by atoms with E-state index in [1.807, 2.05) is 0 Å². The third-order valence-electron chi connectivity index (χ3n) is 5.15. The fourth-order valence-electron chi connectivity index (χ4n) is 3.71. The number of hydrogen-bond acceptors (Lipinski definition) is 5. The summed E-state index contributed by atoms with van der Waals surface area (Å²) in [5, 5.41) is 2.44.